The van der Waals surface area contributed by atoms with Crippen molar-refractivity contribution >= 4 is 38.6 Å². The highest BCUT2D eigenvalue weighted by Crippen LogP contribution is 2.24. The van der Waals surface area contributed by atoms with Crippen LogP contribution in [0, 0.1) is 0 Å². The minimum absolute atomic E-state index is 0.288. The maximum atomic E-state index is 11.8. The molecule has 0 saturated carbocycles. The van der Waals surface area contributed by atoms with Gasteiger partial charge in [0, 0.05) is 5.56 Å². The minimum Gasteiger partial charge on any atom is -0.480 e. The number of aliphatic carboxylic acids is 1. The minimum atomic E-state index is -1.32. The summed E-state index contributed by atoms with van der Waals surface area (Å²) in [7, 11) is 0. The Morgan fingerprint density at radius 2 is 2.21 bits per heavy atom. The van der Waals surface area contributed by atoms with Gasteiger partial charge in [-0.25, -0.2) is 9.78 Å². The van der Waals surface area contributed by atoms with Crippen LogP contribution >= 0.6 is 11.3 Å². The maximum absolute atomic E-state index is 11.8. The van der Waals surface area contributed by atoms with E-state index in [9.17, 15) is 9.59 Å². The van der Waals surface area contributed by atoms with Crippen LogP contribution < -0.4 is 11.1 Å². The fourth-order valence-corrected chi connectivity index (χ4v) is 2.28. The van der Waals surface area contributed by atoms with Crippen LogP contribution in [0.2, 0.25) is 0 Å². The number of nitrogens with one attached hydrogen (secondary N) is 1. The largest absolute Gasteiger partial charge is 0.480 e. The number of aliphatic hydroxyl groups is 1. The molecule has 1 amide bonds. The summed E-state index contributed by atoms with van der Waals surface area (Å²) in [6.07, 6.45) is 0. The van der Waals surface area contributed by atoms with Crippen LogP contribution in [-0.2, 0) is 4.79 Å². The molecular weight excluding hydrogens is 270 g/mol. The van der Waals surface area contributed by atoms with Crippen LogP contribution in [0.3, 0.4) is 0 Å². The molecule has 1 aromatic carbocycles. The lowest BCUT2D eigenvalue weighted by Gasteiger charge is -2.11. The summed E-state index contributed by atoms with van der Waals surface area (Å²) in [5.41, 5.74) is 6.52. The molecule has 0 fully saturated rings. The molecule has 8 heteroatoms. The highest BCUT2D eigenvalue weighted by Gasteiger charge is 2.19. The number of carboxylic acid groups (broad SMARTS) is 1. The molecule has 0 spiro atoms. The van der Waals surface area contributed by atoms with Crippen LogP contribution in [0.25, 0.3) is 10.2 Å². The van der Waals surface area contributed by atoms with E-state index in [0.29, 0.717) is 10.6 Å². The van der Waals surface area contributed by atoms with E-state index in [0.717, 1.165) is 4.70 Å². The van der Waals surface area contributed by atoms with E-state index in [1.165, 1.54) is 17.4 Å². The zero-order valence-electron chi connectivity index (χ0n) is 9.66. The molecule has 0 radical (unpaired) electrons. The molecule has 0 unspecified atom stereocenters. The van der Waals surface area contributed by atoms with E-state index in [-0.39, 0.29) is 5.56 Å². The lowest BCUT2D eigenvalue weighted by molar-refractivity contribution is -0.140. The number of carbonyl (C=O) groups is 2. The molecule has 0 aliphatic carbocycles. The van der Waals surface area contributed by atoms with Crippen molar-refractivity contribution in [3.63, 3.8) is 0 Å². The molecule has 0 saturated heterocycles. The van der Waals surface area contributed by atoms with Crippen LogP contribution in [0.5, 0.6) is 0 Å². The van der Waals surface area contributed by atoms with E-state index in [2.05, 4.69) is 10.3 Å². The summed E-state index contributed by atoms with van der Waals surface area (Å²) in [6.45, 7) is -0.670. The first-order valence-electron chi connectivity index (χ1n) is 5.32. The maximum Gasteiger partial charge on any atom is 0.328 e. The topological polar surface area (TPSA) is 126 Å². The first-order chi connectivity index (χ1) is 9.01. The first kappa shape index (κ1) is 13.2. The summed E-state index contributed by atoms with van der Waals surface area (Å²) in [6, 6.07) is 3.41. The van der Waals surface area contributed by atoms with E-state index in [4.69, 9.17) is 15.9 Å². The fraction of sp³-hybridized carbons (Fsp3) is 0.182. The molecule has 100 valence electrons. The Morgan fingerprint density at radius 3 is 2.84 bits per heavy atom. The van der Waals surface area contributed by atoms with E-state index in [1.807, 2.05) is 0 Å². The number of anilines is 1. The monoisotopic (exact) mass is 281 g/mol. The van der Waals surface area contributed by atoms with Gasteiger partial charge in [0.2, 0.25) is 0 Å². The third-order valence-electron chi connectivity index (χ3n) is 2.45. The van der Waals surface area contributed by atoms with Gasteiger partial charge in [0.15, 0.2) is 11.2 Å². The quantitative estimate of drug-likeness (QED) is 0.627. The number of rotatable bonds is 4. The molecular formula is C11H11N3O4S. The van der Waals surface area contributed by atoms with Gasteiger partial charge in [0.1, 0.15) is 0 Å². The lowest BCUT2D eigenvalue weighted by Crippen LogP contribution is -2.43. The van der Waals surface area contributed by atoms with Gasteiger partial charge in [-0.3, -0.25) is 4.79 Å². The number of carbonyl (C=O) groups excluding carboxylic acids is 1. The second-order valence-corrected chi connectivity index (χ2v) is 4.84. The number of amides is 1. The van der Waals surface area contributed by atoms with Gasteiger partial charge in [0.25, 0.3) is 5.91 Å². The summed E-state index contributed by atoms with van der Waals surface area (Å²) >= 11 is 1.24. The van der Waals surface area contributed by atoms with Crippen molar-refractivity contribution in [1.29, 1.82) is 0 Å². The normalized spacial score (nSPS) is 12.3. The van der Waals surface area contributed by atoms with Crippen molar-refractivity contribution in [3.05, 3.63) is 23.8 Å². The molecule has 0 aliphatic rings. The van der Waals surface area contributed by atoms with Gasteiger partial charge >= 0.3 is 5.97 Å². The van der Waals surface area contributed by atoms with E-state index < -0.39 is 24.5 Å². The number of nitrogen functional groups attached to an aromatic ring is 1. The molecule has 19 heavy (non-hydrogen) atoms. The number of nitrogens with zero attached hydrogens (tertiary/aromatic N) is 1. The van der Waals surface area contributed by atoms with Gasteiger partial charge in [-0.1, -0.05) is 11.3 Å². The zero-order valence-corrected chi connectivity index (χ0v) is 10.5. The third kappa shape index (κ3) is 2.80. The smallest absolute Gasteiger partial charge is 0.328 e. The Kier molecular flexibility index (Phi) is 3.63. The highest BCUT2D eigenvalue weighted by molar-refractivity contribution is 7.22. The summed E-state index contributed by atoms with van der Waals surface area (Å²) in [5, 5.41) is 20.2. The molecule has 5 N–H and O–H groups in total. The summed E-state index contributed by atoms with van der Waals surface area (Å²) in [5.74, 6) is -1.87. The number of thiazole rings is 1. The van der Waals surface area contributed by atoms with Crippen molar-refractivity contribution in [2.75, 3.05) is 12.3 Å². The van der Waals surface area contributed by atoms with Crippen LogP contribution in [0.4, 0.5) is 5.13 Å². The van der Waals surface area contributed by atoms with E-state index in [1.54, 1.807) is 12.1 Å². The lowest BCUT2D eigenvalue weighted by atomic mass is 10.2. The Morgan fingerprint density at radius 1 is 1.47 bits per heavy atom. The second-order valence-electron chi connectivity index (χ2n) is 3.78. The van der Waals surface area contributed by atoms with Gasteiger partial charge in [0.05, 0.1) is 16.8 Å². The average Bonchev–Trinajstić information content (AvgIpc) is 2.74. The standard InChI is InChI=1S/C11H11N3O4S/c12-11-14-6-2-1-5(3-8(6)19-11)9(16)13-7(4-15)10(17)18/h1-3,7,15H,4H2,(H2,12,14)(H,13,16)(H,17,18)/t7-/m0/s1. The summed E-state index contributed by atoms with van der Waals surface area (Å²) in [4.78, 5) is 26.6. The Hall–Kier alpha value is -2.19. The Labute approximate surface area is 111 Å². The number of benzene rings is 1. The van der Waals surface area contributed by atoms with Crippen molar-refractivity contribution < 1.29 is 19.8 Å². The van der Waals surface area contributed by atoms with Crippen LogP contribution in [-0.4, -0.2) is 39.7 Å². The zero-order chi connectivity index (χ0) is 14.0. The number of aliphatic hydroxyl groups excluding tert-OH is 1. The molecule has 1 heterocycles. The SMILES string of the molecule is Nc1nc2ccc(C(=O)N[C@@H](CO)C(=O)O)cc2s1. The van der Waals surface area contributed by atoms with Gasteiger partial charge in [-0.15, -0.1) is 0 Å². The highest BCUT2D eigenvalue weighted by atomic mass is 32.1. The second kappa shape index (κ2) is 5.21. The number of carboxylic acids is 1. The fourth-order valence-electron chi connectivity index (χ4n) is 1.51. The van der Waals surface area contributed by atoms with E-state index >= 15 is 0 Å². The summed E-state index contributed by atoms with van der Waals surface area (Å²) < 4.78 is 0.737. The van der Waals surface area contributed by atoms with Crippen molar-refractivity contribution in [2.45, 2.75) is 6.04 Å². The number of nitrogens with two attached hydrogens (primary N) is 1. The third-order valence-corrected chi connectivity index (χ3v) is 3.30. The predicted molar refractivity (Wildman–Crippen MR) is 70.0 cm³/mol. The molecule has 0 bridgehead atoms. The molecule has 2 aromatic rings. The van der Waals surface area contributed by atoms with Crippen molar-refractivity contribution in [1.82, 2.24) is 10.3 Å². The molecule has 1 aromatic heterocycles. The Balaban J connectivity index is 2.23. The number of aromatic nitrogens is 1. The Bertz CT molecular complexity index is 640. The number of hydrogen-bond acceptors (Lipinski definition) is 6. The average molecular weight is 281 g/mol. The molecule has 0 aliphatic heterocycles. The number of fused-ring (bicyclic) bond motifs is 1. The predicted octanol–water partition coefficient (Wildman–Crippen LogP) is 0.0538. The van der Waals surface area contributed by atoms with Crippen molar-refractivity contribution in [3.8, 4) is 0 Å². The first-order valence-corrected chi connectivity index (χ1v) is 6.13. The number of hydrogen-bond donors (Lipinski definition) is 4. The van der Waals surface area contributed by atoms with Gasteiger partial charge in [-0.05, 0) is 18.2 Å². The molecule has 2 rings (SSSR count). The van der Waals surface area contributed by atoms with Gasteiger partial charge < -0.3 is 21.3 Å². The van der Waals surface area contributed by atoms with Crippen molar-refractivity contribution in [2.24, 2.45) is 0 Å². The van der Waals surface area contributed by atoms with Gasteiger partial charge in [-0.2, -0.15) is 0 Å². The van der Waals surface area contributed by atoms with Crippen LogP contribution in [0.15, 0.2) is 18.2 Å². The van der Waals surface area contributed by atoms with Crippen LogP contribution in [0.1, 0.15) is 10.4 Å². The molecule has 7 nitrogen and oxygen atoms in total. The molecule has 1 atom stereocenters.